The van der Waals surface area contributed by atoms with Crippen molar-refractivity contribution in [2.24, 2.45) is 0 Å². The molecular formula is C11H10BrNO. The SMILES string of the molecule is COc1cc(C)c2ccc(Br)cc2n1. The van der Waals surface area contributed by atoms with Crippen LogP contribution in [-0.4, -0.2) is 12.1 Å². The first-order valence-electron chi connectivity index (χ1n) is 4.31. The molecular weight excluding hydrogens is 242 g/mol. The van der Waals surface area contributed by atoms with Crippen molar-refractivity contribution < 1.29 is 4.74 Å². The number of halogens is 1. The fraction of sp³-hybridized carbons (Fsp3) is 0.182. The molecule has 0 saturated heterocycles. The number of aromatic nitrogens is 1. The number of hydrogen-bond donors (Lipinski definition) is 0. The molecule has 1 heterocycles. The average molecular weight is 252 g/mol. The first-order valence-corrected chi connectivity index (χ1v) is 5.11. The normalized spacial score (nSPS) is 10.5. The lowest BCUT2D eigenvalue weighted by molar-refractivity contribution is 0.399. The lowest BCUT2D eigenvalue weighted by atomic mass is 10.1. The van der Waals surface area contributed by atoms with Gasteiger partial charge in [-0.05, 0) is 24.6 Å². The zero-order chi connectivity index (χ0) is 10.1. The minimum Gasteiger partial charge on any atom is -0.481 e. The van der Waals surface area contributed by atoms with Crippen molar-refractivity contribution in [3.63, 3.8) is 0 Å². The van der Waals surface area contributed by atoms with E-state index in [1.54, 1.807) is 7.11 Å². The maximum absolute atomic E-state index is 5.12. The number of ether oxygens (including phenoxy) is 1. The van der Waals surface area contributed by atoms with Crippen LogP contribution in [0, 0.1) is 6.92 Å². The molecule has 0 amide bonds. The van der Waals surface area contributed by atoms with Crippen LogP contribution in [-0.2, 0) is 0 Å². The van der Waals surface area contributed by atoms with Gasteiger partial charge in [-0.15, -0.1) is 0 Å². The summed E-state index contributed by atoms with van der Waals surface area (Å²) in [7, 11) is 1.63. The number of benzene rings is 1. The minimum atomic E-state index is 0.660. The Kier molecular flexibility index (Phi) is 2.42. The van der Waals surface area contributed by atoms with E-state index in [4.69, 9.17) is 4.74 Å². The summed E-state index contributed by atoms with van der Waals surface area (Å²) in [5.41, 5.74) is 2.13. The summed E-state index contributed by atoms with van der Waals surface area (Å²) in [5.74, 6) is 0.660. The number of hydrogen-bond acceptors (Lipinski definition) is 2. The predicted octanol–water partition coefficient (Wildman–Crippen LogP) is 3.31. The number of aryl methyl sites for hydroxylation is 1. The standard InChI is InChI=1S/C11H10BrNO/c1-7-5-11(14-2)13-10-6-8(12)3-4-9(7)10/h3-6H,1-2H3. The van der Waals surface area contributed by atoms with Crippen molar-refractivity contribution in [1.82, 2.24) is 4.98 Å². The van der Waals surface area contributed by atoms with E-state index in [-0.39, 0.29) is 0 Å². The molecule has 0 aliphatic carbocycles. The molecule has 0 atom stereocenters. The summed E-state index contributed by atoms with van der Waals surface area (Å²) in [6, 6.07) is 8.01. The van der Waals surface area contributed by atoms with Crippen LogP contribution in [0.1, 0.15) is 5.56 Å². The Morgan fingerprint density at radius 2 is 2.07 bits per heavy atom. The van der Waals surface area contributed by atoms with Gasteiger partial charge in [0.15, 0.2) is 0 Å². The van der Waals surface area contributed by atoms with Crippen LogP contribution in [0.3, 0.4) is 0 Å². The zero-order valence-corrected chi connectivity index (χ0v) is 9.63. The van der Waals surface area contributed by atoms with Gasteiger partial charge in [-0.25, -0.2) is 4.98 Å². The quantitative estimate of drug-likeness (QED) is 0.776. The molecule has 0 bridgehead atoms. The zero-order valence-electron chi connectivity index (χ0n) is 8.04. The van der Waals surface area contributed by atoms with Gasteiger partial charge in [-0.1, -0.05) is 22.0 Å². The number of fused-ring (bicyclic) bond motifs is 1. The molecule has 3 heteroatoms. The van der Waals surface area contributed by atoms with Gasteiger partial charge in [0.1, 0.15) is 0 Å². The average Bonchev–Trinajstić information content (AvgIpc) is 2.16. The summed E-state index contributed by atoms with van der Waals surface area (Å²) in [5, 5.41) is 1.16. The molecule has 1 aromatic heterocycles. The second-order valence-corrected chi connectivity index (χ2v) is 4.06. The van der Waals surface area contributed by atoms with Crippen molar-refractivity contribution in [3.8, 4) is 5.88 Å². The Morgan fingerprint density at radius 1 is 1.29 bits per heavy atom. The summed E-state index contributed by atoms with van der Waals surface area (Å²) in [6.45, 7) is 2.06. The van der Waals surface area contributed by atoms with Gasteiger partial charge in [-0.2, -0.15) is 0 Å². The van der Waals surface area contributed by atoms with Crippen LogP contribution in [0.4, 0.5) is 0 Å². The first kappa shape index (κ1) is 9.46. The van der Waals surface area contributed by atoms with Crippen molar-refractivity contribution in [2.75, 3.05) is 7.11 Å². The highest BCUT2D eigenvalue weighted by molar-refractivity contribution is 9.10. The van der Waals surface area contributed by atoms with Crippen molar-refractivity contribution >= 4 is 26.8 Å². The van der Waals surface area contributed by atoms with Crippen LogP contribution in [0.5, 0.6) is 5.88 Å². The molecule has 2 nitrogen and oxygen atoms in total. The number of pyridine rings is 1. The van der Waals surface area contributed by atoms with E-state index >= 15 is 0 Å². The van der Waals surface area contributed by atoms with Crippen molar-refractivity contribution in [2.45, 2.75) is 6.92 Å². The molecule has 72 valence electrons. The third-order valence-electron chi connectivity index (χ3n) is 2.16. The predicted molar refractivity (Wildman–Crippen MR) is 60.7 cm³/mol. The summed E-state index contributed by atoms with van der Waals surface area (Å²) in [4.78, 5) is 4.36. The highest BCUT2D eigenvalue weighted by atomic mass is 79.9. The number of rotatable bonds is 1. The van der Waals surface area contributed by atoms with E-state index < -0.39 is 0 Å². The first-order chi connectivity index (χ1) is 6.70. The van der Waals surface area contributed by atoms with Gasteiger partial charge in [0.25, 0.3) is 0 Å². The molecule has 0 spiro atoms. The second kappa shape index (κ2) is 3.58. The van der Waals surface area contributed by atoms with Crippen LogP contribution < -0.4 is 4.74 Å². The van der Waals surface area contributed by atoms with Gasteiger partial charge < -0.3 is 4.74 Å². The Hall–Kier alpha value is -1.09. The summed E-state index contributed by atoms with van der Waals surface area (Å²) < 4.78 is 6.15. The van der Waals surface area contributed by atoms with Crippen molar-refractivity contribution in [3.05, 3.63) is 34.3 Å². The largest absolute Gasteiger partial charge is 0.481 e. The highest BCUT2D eigenvalue weighted by Gasteiger charge is 2.02. The molecule has 0 unspecified atom stereocenters. The third-order valence-corrected chi connectivity index (χ3v) is 2.66. The van der Waals surface area contributed by atoms with Crippen molar-refractivity contribution in [1.29, 1.82) is 0 Å². The van der Waals surface area contributed by atoms with E-state index in [1.165, 1.54) is 5.56 Å². The monoisotopic (exact) mass is 251 g/mol. The maximum Gasteiger partial charge on any atom is 0.213 e. The smallest absolute Gasteiger partial charge is 0.213 e. The molecule has 2 rings (SSSR count). The lowest BCUT2D eigenvalue weighted by Gasteiger charge is -2.05. The topological polar surface area (TPSA) is 22.1 Å². The highest BCUT2D eigenvalue weighted by Crippen LogP contribution is 2.24. The Balaban J connectivity index is 2.77. The number of methoxy groups -OCH3 is 1. The Morgan fingerprint density at radius 3 is 2.79 bits per heavy atom. The molecule has 0 aliphatic heterocycles. The Labute approximate surface area is 91.0 Å². The van der Waals surface area contributed by atoms with Gasteiger partial charge in [0, 0.05) is 15.9 Å². The van der Waals surface area contributed by atoms with Gasteiger partial charge in [0.2, 0.25) is 5.88 Å². The Bertz CT molecular complexity index is 482. The molecule has 0 fully saturated rings. The van der Waals surface area contributed by atoms with E-state index in [2.05, 4.69) is 33.9 Å². The third kappa shape index (κ3) is 1.60. The van der Waals surface area contributed by atoms with Crippen LogP contribution in [0.2, 0.25) is 0 Å². The van der Waals surface area contributed by atoms with Gasteiger partial charge >= 0.3 is 0 Å². The van der Waals surface area contributed by atoms with E-state index in [0.717, 1.165) is 15.4 Å². The molecule has 0 radical (unpaired) electrons. The lowest BCUT2D eigenvalue weighted by Crippen LogP contribution is -1.90. The van der Waals surface area contributed by atoms with Crippen LogP contribution >= 0.6 is 15.9 Å². The van der Waals surface area contributed by atoms with E-state index in [9.17, 15) is 0 Å². The fourth-order valence-electron chi connectivity index (χ4n) is 1.45. The molecule has 1 aromatic carbocycles. The van der Waals surface area contributed by atoms with E-state index in [1.807, 2.05) is 18.2 Å². The van der Waals surface area contributed by atoms with Crippen LogP contribution in [0.25, 0.3) is 10.9 Å². The van der Waals surface area contributed by atoms with Crippen LogP contribution in [0.15, 0.2) is 28.7 Å². The summed E-state index contributed by atoms with van der Waals surface area (Å²) in [6.07, 6.45) is 0. The molecule has 0 saturated carbocycles. The van der Waals surface area contributed by atoms with Gasteiger partial charge in [-0.3, -0.25) is 0 Å². The molecule has 14 heavy (non-hydrogen) atoms. The summed E-state index contributed by atoms with van der Waals surface area (Å²) >= 11 is 3.42. The molecule has 0 N–H and O–H groups in total. The fourth-order valence-corrected chi connectivity index (χ4v) is 1.80. The van der Waals surface area contributed by atoms with Gasteiger partial charge in [0.05, 0.1) is 12.6 Å². The second-order valence-electron chi connectivity index (χ2n) is 3.14. The maximum atomic E-state index is 5.12. The molecule has 0 aliphatic rings. The molecule has 2 aromatic rings. The minimum absolute atomic E-state index is 0.660. The number of nitrogens with zero attached hydrogens (tertiary/aromatic N) is 1. The van der Waals surface area contributed by atoms with E-state index in [0.29, 0.717) is 5.88 Å².